The minimum absolute atomic E-state index is 0.391. The van der Waals surface area contributed by atoms with Crippen LogP contribution in [0.3, 0.4) is 0 Å². The summed E-state index contributed by atoms with van der Waals surface area (Å²) in [5.41, 5.74) is 1.25. The molecular formula is C12H23N3S. The van der Waals surface area contributed by atoms with Gasteiger partial charge in [-0.05, 0) is 19.1 Å². The Hall–Kier alpha value is -0.480. The van der Waals surface area contributed by atoms with Crippen LogP contribution in [0.2, 0.25) is 0 Å². The molecule has 0 fully saturated rings. The fourth-order valence-electron chi connectivity index (χ4n) is 1.86. The lowest BCUT2D eigenvalue weighted by atomic mass is 10.0. The van der Waals surface area contributed by atoms with E-state index in [1.165, 1.54) is 18.4 Å². The molecule has 0 spiro atoms. The van der Waals surface area contributed by atoms with Crippen molar-refractivity contribution in [3.8, 4) is 0 Å². The topological polar surface area (TPSA) is 29.9 Å². The Labute approximate surface area is 103 Å². The van der Waals surface area contributed by atoms with Gasteiger partial charge < -0.3 is 5.32 Å². The predicted octanol–water partition coefficient (Wildman–Crippen LogP) is 2.43. The lowest BCUT2D eigenvalue weighted by molar-refractivity contribution is 0.495. The van der Waals surface area contributed by atoms with Gasteiger partial charge in [0.15, 0.2) is 0 Å². The molecule has 0 atom stereocenters. The maximum absolute atomic E-state index is 4.16. The molecule has 1 heterocycles. The van der Waals surface area contributed by atoms with Crippen LogP contribution in [0, 0.1) is 0 Å². The zero-order valence-corrected chi connectivity index (χ0v) is 11.6. The van der Waals surface area contributed by atoms with Gasteiger partial charge in [0.1, 0.15) is 0 Å². The number of nitrogens with one attached hydrogen (secondary N) is 1. The fourth-order valence-corrected chi connectivity index (χ4v) is 2.68. The fraction of sp³-hybridized carbons (Fsp3) is 0.750. The highest BCUT2D eigenvalue weighted by Crippen LogP contribution is 2.29. The van der Waals surface area contributed by atoms with Crippen LogP contribution in [-0.4, -0.2) is 27.3 Å². The van der Waals surface area contributed by atoms with Crippen LogP contribution in [0.25, 0.3) is 0 Å². The molecule has 1 aromatic rings. The quantitative estimate of drug-likeness (QED) is 0.795. The van der Waals surface area contributed by atoms with Crippen LogP contribution >= 0.6 is 11.8 Å². The Bertz CT molecular complexity index is 297. The minimum atomic E-state index is 0.391. The summed E-state index contributed by atoms with van der Waals surface area (Å²) in [6.07, 6.45) is 8.62. The molecule has 0 aliphatic carbocycles. The molecule has 1 aromatic heterocycles. The van der Waals surface area contributed by atoms with Crippen LogP contribution in [-0.2, 0) is 13.6 Å². The van der Waals surface area contributed by atoms with Crippen molar-refractivity contribution in [3.63, 3.8) is 0 Å². The average molecular weight is 241 g/mol. The molecule has 16 heavy (non-hydrogen) atoms. The van der Waals surface area contributed by atoms with E-state index in [1.807, 2.05) is 29.7 Å². The van der Waals surface area contributed by atoms with Gasteiger partial charge >= 0.3 is 0 Å². The van der Waals surface area contributed by atoms with E-state index in [0.717, 1.165) is 13.1 Å². The number of hydrogen-bond donors (Lipinski definition) is 1. The van der Waals surface area contributed by atoms with Gasteiger partial charge in [-0.15, -0.1) is 0 Å². The molecule has 3 nitrogen and oxygen atoms in total. The summed E-state index contributed by atoms with van der Waals surface area (Å²) in [6, 6.07) is 0. The van der Waals surface area contributed by atoms with Gasteiger partial charge in [0.05, 0.1) is 6.20 Å². The smallest absolute Gasteiger partial charge is 0.0534 e. The van der Waals surface area contributed by atoms with E-state index < -0.39 is 0 Å². The van der Waals surface area contributed by atoms with Crippen molar-refractivity contribution in [2.45, 2.75) is 38.0 Å². The van der Waals surface area contributed by atoms with Crippen molar-refractivity contribution in [1.82, 2.24) is 15.1 Å². The Morgan fingerprint density at radius 1 is 1.44 bits per heavy atom. The summed E-state index contributed by atoms with van der Waals surface area (Å²) < 4.78 is 2.24. The van der Waals surface area contributed by atoms with Crippen LogP contribution in [0.1, 0.15) is 32.3 Å². The van der Waals surface area contributed by atoms with Crippen molar-refractivity contribution in [3.05, 3.63) is 18.0 Å². The first-order chi connectivity index (χ1) is 7.65. The number of thioether (sulfide) groups is 1. The third-order valence-electron chi connectivity index (χ3n) is 3.26. The zero-order valence-electron chi connectivity index (χ0n) is 10.8. The molecule has 0 saturated heterocycles. The van der Waals surface area contributed by atoms with E-state index in [-0.39, 0.29) is 0 Å². The lowest BCUT2D eigenvalue weighted by Crippen LogP contribution is -2.36. The SMILES string of the molecule is CCC(CC)(CNCc1cnn(C)c1)SC. The molecule has 0 radical (unpaired) electrons. The van der Waals surface area contributed by atoms with E-state index in [0.29, 0.717) is 4.75 Å². The summed E-state index contributed by atoms with van der Waals surface area (Å²) >= 11 is 1.97. The van der Waals surface area contributed by atoms with Crippen molar-refractivity contribution in [1.29, 1.82) is 0 Å². The number of rotatable bonds is 7. The molecule has 0 unspecified atom stereocenters. The first-order valence-electron chi connectivity index (χ1n) is 5.89. The Kier molecular flexibility index (Phi) is 5.35. The van der Waals surface area contributed by atoms with E-state index >= 15 is 0 Å². The summed E-state index contributed by atoms with van der Waals surface area (Å²) in [5.74, 6) is 0. The molecule has 0 saturated carbocycles. The van der Waals surface area contributed by atoms with E-state index in [9.17, 15) is 0 Å². The normalized spacial score (nSPS) is 12.0. The Morgan fingerprint density at radius 2 is 2.12 bits per heavy atom. The molecule has 0 aliphatic rings. The molecule has 4 heteroatoms. The Balaban J connectivity index is 2.39. The second kappa shape index (κ2) is 6.30. The van der Waals surface area contributed by atoms with Crippen LogP contribution in [0.5, 0.6) is 0 Å². The van der Waals surface area contributed by atoms with Gasteiger partial charge in [-0.2, -0.15) is 16.9 Å². The van der Waals surface area contributed by atoms with E-state index in [4.69, 9.17) is 0 Å². The molecule has 0 aliphatic heterocycles. The highest BCUT2D eigenvalue weighted by molar-refractivity contribution is 8.00. The maximum atomic E-state index is 4.16. The molecule has 0 amide bonds. The number of hydrogen-bond acceptors (Lipinski definition) is 3. The van der Waals surface area contributed by atoms with Gasteiger partial charge in [-0.1, -0.05) is 13.8 Å². The summed E-state index contributed by atoms with van der Waals surface area (Å²) in [6.45, 7) is 6.52. The largest absolute Gasteiger partial charge is 0.311 e. The highest BCUT2D eigenvalue weighted by atomic mass is 32.2. The van der Waals surface area contributed by atoms with Gasteiger partial charge in [0.25, 0.3) is 0 Å². The lowest BCUT2D eigenvalue weighted by Gasteiger charge is -2.29. The summed E-state index contributed by atoms with van der Waals surface area (Å²) in [7, 11) is 1.95. The van der Waals surface area contributed by atoms with Gasteiger partial charge in [0, 0.05) is 36.6 Å². The number of nitrogens with zero attached hydrogens (tertiary/aromatic N) is 2. The molecule has 1 rings (SSSR count). The van der Waals surface area contributed by atoms with Crippen molar-refractivity contribution >= 4 is 11.8 Å². The monoisotopic (exact) mass is 241 g/mol. The van der Waals surface area contributed by atoms with Crippen LogP contribution < -0.4 is 5.32 Å². The van der Waals surface area contributed by atoms with Crippen LogP contribution in [0.4, 0.5) is 0 Å². The summed E-state index contributed by atoms with van der Waals surface area (Å²) in [5, 5.41) is 7.70. The molecular weight excluding hydrogens is 218 g/mol. The zero-order chi connectivity index (χ0) is 12.0. The first-order valence-corrected chi connectivity index (χ1v) is 7.11. The average Bonchev–Trinajstić information content (AvgIpc) is 2.71. The predicted molar refractivity (Wildman–Crippen MR) is 71.7 cm³/mol. The molecule has 92 valence electrons. The molecule has 0 bridgehead atoms. The van der Waals surface area contributed by atoms with Crippen molar-refractivity contribution in [2.24, 2.45) is 7.05 Å². The Morgan fingerprint density at radius 3 is 2.56 bits per heavy atom. The second-order valence-electron chi connectivity index (χ2n) is 4.22. The standard InChI is InChI=1S/C12H23N3S/c1-5-12(6-2,16-4)10-13-7-11-8-14-15(3)9-11/h8-9,13H,5-7,10H2,1-4H3. The summed E-state index contributed by atoms with van der Waals surface area (Å²) in [4.78, 5) is 0. The molecule has 1 N–H and O–H groups in total. The van der Waals surface area contributed by atoms with Gasteiger partial charge in [0.2, 0.25) is 0 Å². The number of aryl methyl sites for hydroxylation is 1. The van der Waals surface area contributed by atoms with Gasteiger partial charge in [-0.3, -0.25) is 4.68 Å². The van der Waals surface area contributed by atoms with E-state index in [2.05, 4.69) is 36.7 Å². The third-order valence-corrected chi connectivity index (χ3v) is 4.84. The number of aromatic nitrogens is 2. The van der Waals surface area contributed by atoms with Gasteiger partial charge in [-0.25, -0.2) is 0 Å². The highest BCUT2D eigenvalue weighted by Gasteiger charge is 2.23. The van der Waals surface area contributed by atoms with Crippen LogP contribution in [0.15, 0.2) is 12.4 Å². The maximum Gasteiger partial charge on any atom is 0.0534 e. The van der Waals surface area contributed by atoms with Crippen molar-refractivity contribution < 1.29 is 0 Å². The third kappa shape index (κ3) is 3.52. The molecule has 0 aromatic carbocycles. The van der Waals surface area contributed by atoms with E-state index in [1.54, 1.807) is 0 Å². The second-order valence-corrected chi connectivity index (χ2v) is 5.49. The van der Waals surface area contributed by atoms with Crippen molar-refractivity contribution in [2.75, 3.05) is 12.8 Å². The first kappa shape index (κ1) is 13.6. The minimum Gasteiger partial charge on any atom is -0.311 e.